The summed E-state index contributed by atoms with van der Waals surface area (Å²) in [5.41, 5.74) is 6.51. The SMILES string of the molecule is CCC(c1cccc(NC(=O)CC[C@H](N)C(=O)O)c1)c1c(O)c2ccccc2oc1=O. The first-order valence-corrected chi connectivity index (χ1v) is 9.94. The second-order valence-electron chi connectivity index (χ2n) is 7.27. The number of nitrogens with two attached hydrogens (primary N) is 1. The number of amides is 1. The van der Waals surface area contributed by atoms with Crippen LogP contribution in [0.25, 0.3) is 11.0 Å². The van der Waals surface area contributed by atoms with Gasteiger partial charge in [-0.25, -0.2) is 4.79 Å². The molecule has 1 heterocycles. The van der Waals surface area contributed by atoms with Crippen LogP contribution in [-0.2, 0) is 9.59 Å². The second-order valence-corrected chi connectivity index (χ2v) is 7.27. The molecule has 0 bridgehead atoms. The topological polar surface area (TPSA) is 143 Å². The number of nitrogens with one attached hydrogen (secondary N) is 1. The molecular weight excluding hydrogens is 400 g/mol. The molecule has 31 heavy (non-hydrogen) atoms. The number of carbonyl (C=O) groups excluding carboxylic acids is 1. The fraction of sp³-hybridized carbons (Fsp3) is 0.261. The van der Waals surface area contributed by atoms with Crippen molar-refractivity contribution in [2.75, 3.05) is 5.32 Å². The zero-order valence-electron chi connectivity index (χ0n) is 17.0. The van der Waals surface area contributed by atoms with E-state index in [4.69, 9.17) is 15.3 Å². The molecule has 0 saturated carbocycles. The van der Waals surface area contributed by atoms with Crippen LogP contribution >= 0.6 is 0 Å². The van der Waals surface area contributed by atoms with E-state index in [1.165, 1.54) is 0 Å². The first-order chi connectivity index (χ1) is 14.8. The highest BCUT2D eigenvalue weighted by atomic mass is 16.4. The summed E-state index contributed by atoms with van der Waals surface area (Å²) >= 11 is 0. The van der Waals surface area contributed by atoms with Crippen molar-refractivity contribution in [3.63, 3.8) is 0 Å². The quantitative estimate of drug-likeness (QED) is 0.407. The number of aromatic hydroxyl groups is 1. The highest BCUT2D eigenvalue weighted by molar-refractivity contribution is 5.91. The summed E-state index contributed by atoms with van der Waals surface area (Å²) < 4.78 is 5.40. The number of benzene rings is 2. The Kier molecular flexibility index (Phi) is 6.71. The van der Waals surface area contributed by atoms with Gasteiger partial charge >= 0.3 is 11.6 Å². The summed E-state index contributed by atoms with van der Waals surface area (Å²) in [4.78, 5) is 35.6. The molecule has 3 aromatic rings. The number of carbonyl (C=O) groups is 2. The molecular formula is C23H24N2O6. The first kappa shape index (κ1) is 22.0. The van der Waals surface area contributed by atoms with Crippen molar-refractivity contribution in [3.8, 4) is 5.75 Å². The number of hydrogen-bond donors (Lipinski definition) is 4. The van der Waals surface area contributed by atoms with Gasteiger partial charge in [0.2, 0.25) is 5.91 Å². The van der Waals surface area contributed by atoms with Crippen molar-refractivity contribution in [2.24, 2.45) is 5.73 Å². The van der Waals surface area contributed by atoms with Crippen molar-refractivity contribution in [3.05, 3.63) is 70.1 Å². The molecule has 2 atom stereocenters. The highest BCUT2D eigenvalue weighted by Crippen LogP contribution is 2.36. The normalized spacial score (nSPS) is 13.0. The molecule has 1 unspecified atom stereocenters. The molecule has 8 heteroatoms. The van der Waals surface area contributed by atoms with Crippen LogP contribution in [0.2, 0.25) is 0 Å². The van der Waals surface area contributed by atoms with Crippen LogP contribution in [-0.4, -0.2) is 28.1 Å². The first-order valence-electron chi connectivity index (χ1n) is 9.94. The van der Waals surface area contributed by atoms with Crippen LogP contribution in [0.3, 0.4) is 0 Å². The minimum atomic E-state index is -1.16. The van der Waals surface area contributed by atoms with Gasteiger partial charge in [0.05, 0.1) is 10.9 Å². The summed E-state index contributed by atoms with van der Waals surface area (Å²) in [7, 11) is 0. The minimum absolute atomic E-state index is 0.0183. The van der Waals surface area contributed by atoms with Gasteiger partial charge in [-0.3, -0.25) is 9.59 Å². The number of anilines is 1. The van der Waals surface area contributed by atoms with E-state index in [0.29, 0.717) is 23.1 Å². The molecule has 0 saturated heterocycles. The minimum Gasteiger partial charge on any atom is -0.507 e. The van der Waals surface area contributed by atoms with Gasteiger partial charge in [0.25, 0.3) is 0 Å². The maximum absolute atomic E-state index is 12.6. The molecule has 0 spiro atoms. The van der Waals surface area contributed by atoms with Crippen LogP contribution in [0.4, 0.5) is 5.69 Å². The van der Waals surface area contributed by atoms with Gasteiger partial charge in [-0.1, -0.05) is 31.2 Å². The third kappa shape index (κ3) is 4.92. The van der Waals surface area contributed by atoms with Crippen LogP contribution < -0.4 is 16.7 Å². The number of rotatable bonds is 8. The fourth-order valence-corrected chi connectivity index (χ4v) is 3.53. The average Bonchev–Trinajstić information content (AvgIpc) is 2.75. The molecule has 2 aromatic carbocycles. The Labute approximate surface area is 178 Å². The van der Waals surface area contributed by atoms with E-state index in [2.05, 4.69) is 5.32 Å². The fourth-order valence-electron chi connectivity index (χ4n) is 3.53. The van der Waals surface area contributed by atoms with E-state index in [1.54, 1.807) is 48.5 Å². The van der Waals surface area contributed by atoms with Crippen molar-refractivity contribution in [2.45, 2.75) is 38.1 Å². The maximum atomic E-state index is 12.6. The van der Waals surface area contributed by atoms with Gasteiger partial charge in [0.1, 0.15) is 17.4 Å². The van der Waals surface area contributed by atoms with Gasteiger partial charge in [-0.05, 0) is 42.7 Å². The van der Waals surface area contributed by atoms with Crippen molar-refractivity contribution in [1.29, 1.82) is 0 Å². The molecule has 0 aliphatic heterocycles. The Bertz CT molecular complexity index is 1170. The Hall–Kier alpha value is -3.65. The van der Waals surface area contributed by atoms with Gasteiger partial charge in [-0.2, -0.15) is 0 Å². The number of carboxylic acids is 1. The number of hydrogen-bond acceptors (Lipinski definition) is 6. The molecule has 1 amide bonds. The summed E-state index contributed by atoms with van der Waals surface area (Å²) in [6.07, 6.45) is 0.496. The molecule has 0 aliphatic rings. The molecule has 162 valence electrons. The lowest BCUT2D eigenvalue weighted by Crippen LogP contribution is -2.31. The molecule has 0 aliphatic carbocycles. The highest BCUT2D eigenvalue weighted by Gasteiger charge is 2.23. The Morgan fingerprint density at radius 2 is 1.90 bits per heavy atom. The third-order valence-electron chi connectivity index (χ3n) is 5.15. The Morgan fingerprint density at radius 1 is 1.16 bits per heavy atom. The van der Waals surface area contributed by atoms with E-state index in [1.807, 2.05) is 6.92 Å². The van der Waals surface area contributed by atoms with E-state index < -0.39 is 23.6 Å². The van der Waals surface area contributed by atoms with Crippen molar-refractivity contribution in [1.82, 2.24) is 0 Å². The molecule has 1 aromatic heterocycles. The molecule has 0 fully saturated rings. The summed E-state index contributed by atoms with van der Waals surface area (Å²) in [5.74, 6) is -2.08. The summed E-state index contributed by atoms with van der Waals surface area (Å²) in [5, 5.41) is 22.8. The van der Waals surface area contributed by atoms with E-state index in [-0.39, 0.29) is 30.1 Å². The number of para-hydroxylation sites is 1. The maximum Gasteiger partial charge on any atom is 0.343 e. The van der Waals surface area contributed by atoms with E-state index in [9.17, 15) is 19.5 Å². The van der Waals surface area contributed by atoms with Crippen molar-refractivity contribution < 1.29 is 24.2 Å². The third-order valence-corrected chi connectivity index (χ3v) is 5.15. The number of carboxylic acid groups (broad SMARTS) is 1. The van der Waals surface area contributed by atoms with Crippen LogP contribution in [0.15, 0.2) is 57.7 Å². The lowest BCUT2D eigenvalue weighted by molar-refractivity contribution is -0.138. The largest absolute Gasteiger partial charge is 0.507 e. The summed E-state index contributed by atoms with van der Waals surface area (Å²) in [6, 6.07) is 12.6. The molecule has 8 nitrogen and oxygen atoms in total. The summed E-state index contributed by atoms with van der Waals surface area (Å²) in [6.45, 7) is 1.89. The standard InChI is InChI=1S/C23H24N2O6/c1-2-15(20-21(27)16-8-3-4-9-18(16)31-23(20)30)13-6-5-7-14(12-13)25-19(26)11-10-17(24)22(28)29/h3-9,12,15,17,27H,2,10-11,24H2,1H3,(H,25,26)(H,28,29)/t15?,17-/m0/s1. The predicted octanol–water partition coefficient (Wildman–Crippen LogP) is 3.17. The molecule has 5 N–H and O–H groups in total. The van der Waals surface area contributed by atoms with E-state index in [0.717, 1.165) is 5.56 Å². The van der Waals surface area contributed by atoms with Gasteiger partial charge in [-0.15, -0.1) is 0 Å². The van der Waals surface area contributed by atoms with Gasteiger partial charge in [0.15, 0.2) is 0 Å². The zero-order chi connectivity index (χ0) is 22.5. The smallest absolute Gasteiger partial charge is 0.343 e. The monoisotopic (exact) mass is 424 g/mol. The number of aliphatic carboxylic acids is 1. The Morgan fingerprint density at radius 3 is 2.61 bits per heavy atom. The van der Waals surface area contributed by atoms with Crippen molar-refractivity contribution >= 4 is 28.5 Å². The lowest BCUT2D eigenvalue weighted by Gasteiger charge is -2.18. The van der Waals surface area contributed by atoms with Crippen LogP contribution in [0.5, 0.6) is 5.75 Å². The van der Waals surface area contributed by atoms with Gasteiger partial charge < -0.3 is 25.7 Å². The second kappa shape index (κ2) is 9.44. The average molecular weight is 424 g/mol. The van der Waals surface area contributed by atoms with Gasteiger partial charge in [0, 0.05) is 18.0 Å². The van der Waals surface area contributed by atoms with Crippen LogP contribution in [0, 0.1) is 0 Å². The molecule has 0 radical (unpaired) electrons. The zero-order valence-corrected chi connectivity index (χ0v) is 17.0. The van der Waals surface area contributed by atoms with E-state index >= 15 is 0 Å². The Balaban J connectivity index is 1.87. The predicted molar refractivity (Wildman–Crippen MR) is 116 cm³/mol. The van der Waals surface area contributed by atoms with Crippen LogP contribution in [0.1, 0.15) is 43.2 Å². The molecule has 3 rings (SSSR count). The number of fused-ring (bicyclic) bond motifs is 1. The lowest BCUT2D eigenvalue weighted by atomic mass is 9.88.